The maximum Gasteiger partial charge on any atom is 0.411 e. The summed E-state index contributed by atoms with van der Waals surface area (Å²) >= 11 is 0. The lowest BCUT2D eigenvalue weighted by Crippen LogP contribution is -2.23. The van der Waals surface area contributed by atoms with Crippen LogP contribution in [0.15, 0.2) is 36.5 Å². The van der Waals surface area contributed by atoms with Gasteiger partial charge in [0.05, 0.1) is 12.8 Å². The fourth-order valence-electron chi connectivity index (χ4n) is 2.75. The number of benzene rings is 1. The molecule has 1 aromatic carbocycles. The number of amides is 1. The van der Waals surface area contributed by atoms with E-state index in [2.05, 4.69) is 20.1 Å². The molecule has 1 N–H and O–H groups in total. The Labute approximate surface area is 159 Å². The van der Waals surface area contributed by atoms with Gasteiger partial charge in [-0.15, -0.1) is 0 Å². The summed E-state index contributed by atoms with van der Waals surface area (Å²) in [6.07, 6.45) is -2.86. The third kappa shape index (κ3) is 4.86. The molecule has 0 aliphatic heterocycles. The third-order valence-electron chi connectivity index (χ3n) is 4.03. The molecule has 0 radical (unpaired) electrons. The molecule has 0 aliphatic carbocycles. The molecule has 0 saturated carbocycles. The smallest absolute Gasteiger partial charge is 0.367 e. The summed E-state index contributed by atoms with van der Waals surface area (Å²) in [7, 11) is 0. The van der Waals surface area contributed by atoms with Crippen LogP contribution in [-0.4, -0.2) is 33.3 Å². The van der Waals surface area contributed by atoms with Crippen molar-refractivity contribution in [3.8, 4) is 0 Å². The van der Waals surface area contributed by atoms with Gasteiger partial charge in [-0.2, -0.15) is 18.3 Å². The summed E-state index contributed by atoms with van der Waals surface area (Å²) in [5.74, 6) is -0.301. The topological polar surface area (TPSA) is 68.5 Å². The van der Waals surface area contributed by atoms with Crippen LogP contribution in [0.2, 0.25) is 0 Å². The highest BCUT2D eigenvalue weighted by Gasteiger charge is 2.27. The summed E-state index contributed by atoms with van der Waals surface area (Å²) in [4.78, 5) is 16.9. The fraction of sp³-hybridized carbons (Fsp3) is 0.316. The number of hydrogen-bond donors (Lipinski definition) is 1. The van der Waals surface area contributed by atoms with Crippen LogP contribution in [0.25, 0.3) is 5.65 Å². The number of rotatable bonds is 6. The molecule has 0 saturated heterocycles. The van der Waals surface area contributed by atoms with Crippen LogP contribution in [-0.2, 0) is 17.9 Å². The molecule has 1 amide bonds. The first-order valence-electron chi connectivity index (χ1n) is 8.55. The highest BCUT2D eigenvalue weighted by molar-refractivity contribution is 5.99. The zero-order valence-corrected chi connectivity index (χ0v) is 15.4. The molecule has 0 atom stereocenters. The molecule has 3 rings (SSSR count). The van der Waals surface area contributed by atoms with Gasteiger partial charge in [0.1, 0.15) is 12.2 Å². The molecule has 28 heavy (non-hydrogen) atoms. The Balaban J connectivity index is 1.59. The van der Waals surface area contributed by atoms with Gasteiger partial charge in [0, 0.05) is 17.9 Å². The molecular weight excluding hydrogens is 373 g/mol. The van der Waals surface area contributed by atoms with E-state index >= 15 is 0 Å². The Morgan fingerprint density at radius 2 is 1.86 bits per heavy atom. The summed E-state index contributed by atoms with van der Waals surface area (Å²) < 4.78 is 42.5. The number of ether oxygens (including phenoxy) is 1. The number of nitrogens with zero attached hydrogens (tertiary/aromatic N) is 3. The summed E-state index contributed by atoms with van der Waals surface area (Å²) in [6, 6.07) is 8.68. The minimum absolute atomic E-state index is 0.126. The quantitative estimate of drug-likeness (QED) is 0.699. The van der Waals surface area contributed by atoms with Gasteiger partial charge >= 0.3 is 6.18 Å². The molecule has 2 heterocycles. The zero-order valence-electron chi connectivity index (χ0n) is 15.4. The summed E-state index contributed by atoms with van der Waals surface area (Å²) in [5.41, 5.74) is 3.98. The third-order valence-corrected chi connectivity index (χ3v) is 4.03. The normalized spacial score (nSPS) is 11.8. The summed E-state index contributed by atoms with van der Waals surface area (Å²) in [6.45, 7) is 2.60. The number of alkyl halides is 3. The average molecular weight is 392 g/mol. The van der Waals surface area contributed by atoms with Crippen molar-refractivity contribution in [1.29, 1.82) is 0 Å². The first-order valence-corrected chi connectivity index (χ1v) is 8.55. The van der Waals surface area contributed by atoms with Crippen molar-refractivity contribution in [2.75, 3.05) is 6.61 Å². The number of halogens is 3. The van der Waals surface area contributed by atoms with E-state index in [0.717, 1.165) is 17.0 Å². The Morgan fingerprint density at radius 1 is 1.18 bits per heavy atom. The molecule has 0 unspecified atom stereocenters. The van der Waals surface area contributed by atoms with E-state index in [1.165, 1.54) is 6.20 Å². The van der Waals surface area contributed by atoms with Gasteiger partial charge < -0.3 is 10.1 Å². The highest BCUT2D eigenvalue weighted by Crippen LogP contribution is 2.16. The van der Waals surface area contributed by atoms with Crippen LogP contribution < -0.4 is 5.32 Å². The Hall–Kier alpha value is -2.94. The second-order valence-electron chi connectivity index (χ2n) is 6.44. The first kappa shape index (κ1) is 19.8. The van der Waals surface area contributed by atoms with E-state index in [1.807, 2.05) is 19.9 Å². The lowest BCUT2D eigenvalue weighted by atomic mass is 10.1. The largest absolute Gasteiger partial charge is 0.411 e. The standard InChI is InChI=1S/C19H19F3N4O2/c1-12-7-13(2)26-17(25-12)16(9-24-26)18(27)23-8-14-3-5-15(6-4-14)10-28-11-19(20,21)22/h3-7,9H,8,10-11H2,1-2H3,(H,23,27). The highest BCUT2D eigenvalue weighted by atomic mass is 19.4. The Bertz CT molecular complexity index is 981. The fourth-order valence-corrected chi connectivity index (χ4v) is 2.75. The summed E-state index contributed by atoms with van der Waals surface area (Å²) in [5, 5.41) is 6.99. The number of nitrogens with one attached hydrogen (secondary N) is 1. The molecule has 0 bridgehead atoms. The van der Waals surface area contributed by atoms with Crippen molar-refractivity contribution >= 4 is 11.6 Å². The second kappa shape index (κ2) is 7.97. The molecule has 3 aromatic rings. The number of aryl methyl sites for hydroxylation is 2. The molecule has 0 aliphatic rings. The predicted octanol–water partition coefficient (Wildman–Crippen LogP) is 3.36. The molecule has 2 aromatic heterocycles. The van der Waals surface area contributed by atoms with Gasteiger partial charge in [0.15, 0.2) is 5.65 Å². The minimum Gasteiger partial charge on any atom is -0.367 e. The van der Waals surface area contributed by atoms with Gasteiger partial charge in [0.2, 0.25) is 0 Å². The van der Waals surface area contributed by atoms with Crippen molar-refractivity contribution in [2.24, 2.45) is 0 Å². The second-order valence-corrected chi connectivity index (χ2v) is 6.44. The van der Waals surface area contributed by atoms with E-state index in [-0.39, 0.29) is 19.1 Å². The van der Waals surface area contributed by atoms with E-state index in [0.29, 0.717) is 16.8 Å². The number of carbonyl (C=O) groups is 1. The van der Waals surface area contributed by atoms with Crippen LogP contribution in [0.5, 0.6) is 0 Å². The zero-order chi connectivity index (χ0) is 20.3. The predicted molar refractivity (Wildman–Crippen MR) is 95.8 cm³/mol. The lowest BCUT2D eigenvalue weighted by Gasteiger charge is -2.09. The molecule has 6 nitrogen and oxygen atoms in total. The number of fused-ring (bicyclic) bond motifs is 1. The van der Waals surface area contributed by atoms with Crippen molar-refractivity contribution in [3.63, 3.8) is 0 Å². The Kier molecular flexibility index (Phi) is 5.64. The maximum absolute atomic E-state index is 12.5. The number of carbonyl (C=O) groups excluding carboxylic acids is 1. The van der Waals surface area contributed by atoms with Crippen LogP contribution >= 0.6 is 0 Å². The van der Waals surface area contributed by atoms with Crippen molar-refractivity contribution in [1.82, 2.24) is 19.9 Å². The Morgan fingerprint density at radius 3 is 2.54 bits per heavy atom. The van der Waals surface area contributed by atoms with Gasteiger partial charge in [-0.1, -0.05) is 24.3 Å². The number of hydrogen-bond acceptors (Lipinski definition) is 4. The van der Waals surface area contributed by atoms with Crippen LogP contribution in [0.3, 0.4) is 0 Å². The molecule has 0 spiro atoms. The molecule has 9 heteroatoms. The van der Waals surface area contributed by atoms with Crippen molar-refractivity contribution < 1.29 is 22.7 Å². The molecular formula is C19H19F3N4O2. The van der Waals surface area contributed by atoms with Crippen LogP contribution in [0, 0.1) is 13.8 Å². The monoisotopic (exact) mass is 392 g/mol. The van der Waals surface area contributed by atoms with Gasteiger partial charge in [-0.05, 0) is 31.0 Å². The number of aromatic nitrogens is 3. The van der Waals surface area contributed by atoms with E-state index < -0.39 is 12.8 Å². The van der Waals surface area contributed by atoms with Crippen molar-refractivity contribution in [2.45, 2.75) is 33.2 Å². The maximum atomic E-state index is 12.5. The van der Waals surface area contributed by atoms with E-state index in [1.54, 1.807) is 28.8 Å². The molecule has 0 fully saturated rings. The van der Waals surface area contributed by atoms with Gasteiger partial charge in [-0.3, -0.25) is 4.79 Å². The lowest BCUT2D eigenvalue weighted by molar-refractivity contribution is -0.176. The van der Waals surface area contributed by atoms with Gasteiger partial charge in [-0.25, -0.2) is 9.50 Å². The minimum atomic E-state index is -4.34. The van der Waals surface area contributed by atoms with Gasteiger partial charge in [0.25, 0.3) is 5.91 Å². The van der Waals surface area contributed by atoms with E-state index in [4.69, 9.17) is 0 Å². The molecule has 148 valence electrons. The van der Waals surface area contributed by atoms with Crippen LogP contribution in [0.1, 0.15) is 32.9 Å². The van der Waals surface area contributed by atoms with Crippen molar-refractivity contribution in [3.05, 3.63) is 64.6 Å². The van der Waals surface area contributed by atoms with Crippen LogP contribution in [0.4, 0.5) is 13.2 Å². The SMILES string of the molecule is Cc1cc(C)n2ncc(C(=O)NCc3ccc(COCC(F)(F)F)cc3)c2n1. The van der Waals surface area contributed by atoms with E-state index in [9.17, 15) is 18.0 Å². The average Bonchev–Trinajstić information content (AvgIpc) is 3.04. The first-order chi connectivity index (χ1) is 13.2.